The van der Waals surface area contributed by atoms with Gasteiger partial charge in [-0.3, -0.25) is 0 Å². The summed E-state index contributed by atoms with van der Waals surface area (Å²) in [5.74, 6) is 2.47. The van der Waals surface area contributed by atoms with Gasteiger partial charge in [-0.1, -0.05) is 18.9 Å². The van der Waals surface area contributed by atoms with Gasteiger partial charge in [-0.25, -0.2) is 0 Å². The van der Waals surface area contributed by atoms with Gasteiger partial charge in [0, 0.05) is 19.0 Å². The second-order valence-electron chi connectivity index (χ2n) is 5.87. The highest BCUT2D eigenvalue weighted by atomic mass is 16.7. The highest BCUT2D eigenvalue weighted by Gasteiger charge is 2.45. The van der Waals surface area contributed by atoms with Gasteiger partial charge in [0.25, 0.3) is 0 Å². The second-order valence-corrected chi connectivity index (χ2v) is 5.87. The first-order valence-electron chi connectivity index (χ1n) is 6.98. The van der Waals surface area contributed by atoms with Crippen LogP contribution < -0.4 is 14.8 Å². The number of hydrogen-bond donors (Lipinski definition) is 1. The van der Waals surface area contributed by atoms with Crippen LogP contribution >= 0.6 is 0 Å². The van der Waals surface area contributed by atoms with Gasteiger partial charge in [-0.05, 0) is 36.0 Å². The zero-order chi connectivity index (χ0) is 12.0. The summed E-state index contributed by atoms with van der Waals surface area (Å²) >= 11 is 0. The number of nitrogens with one attached hydrogen (secondary N) is 1. The number of benzene rings is 1. The van der Waals surface area contributed by atoms with Crippen LogP contribution in [0.5, 0.6) is 11.5 Å². The summed E-state index contributed by atoms with van der Waals surface area (Å²) in [7, 11) is 0. The number of rotatable bonds is 1. The molecule has 1 aromatic carbocycles. The molecule has 0 bridgehead atoms. The van der Waals surface area contributed by atoms with Crippen LogP contribution in [0.3, 0.4) is 0 Å². The van der Waals surface area contributed by atoms with E-state index in [1.54, 1.807) is 0 Å². The molecule has 1 saturated carbocycles. The lowest BCUT2D eigenvalue weighted by molar-refractivity contribution is 0.174. The van der Waals surface area contributed by atoms with Gasteiger partial charge >= 0.3 is 0 Å². The topological polar surface area (TPSA) is 30.5 Å². The van der Waals surface area contributed by atoms with Crippen LogP contribution in [0, 0.1) is 5.41 Å². The van der Waals surface area contributed by atoms with Gasteiger partial charge < -0.3 is 14.8 Å². The Morgan fingerprint density at radius 2 is 1.94 bits per heavy atom. The molecule has 96 valence electrons. The monoisotopic (exact) mass is 245 g/mol. The van der Waals surface area contributed by atoms with Gasteiger partial charge in [0.15, 0.2) is 11.5 Å². The number of fused-ring (bicyclic) bond motifs is 1. The molecule has 18 heavy (non-hydrogen) atoms. The van der Waals surface area contributed by atoms with Crippen molar-refractivity contribution in [3.63, 3.8) is 0 Å². The third-order valence-corrected chi connectivity index (χ3v) is 4.96. The average molecular weight is 245 g/mol. The van der Waals surface area contributed by atoms with E-state index in [1.807, 2.05) is 0 Å². The Balaban J connectivity index is 1.70. The first-order chi connectivity index (χ1) is 8.87. The van der Waals surface area contributed by atoms with Crippen molar-refractivity contribution >= 4 is 0 Å². The van der Waals surface area contributed by atoms with Gasteiger partial charge in [-0.2, -0.15) is 0 Å². The summed E-state index contributed by atoms with van der Waals surface area (Å²) in [6, 6.07) is 6.49. The maximum atomic E-state index is 5.51. The van der Waals surface area contributed by atoms with E-state index in [9.17, 15) is 0 Å². The van der Waals surface area contributed by atoms with Crippen molar-refractivity contribution in [2.45, 2.75) is 31.6 Å². The Morgan fingerprint density at radius 3 is 2.83 bits per heavy atom. The molecular formula is C15H19NO2. The second kappa shape index (κ2) is 3.89. The average Bonchev–Trinajstić information content (AvgIpc) is 3.11. The molecule has 1 atom stereocenters. The summed E-state index contributed by atoms with van der Waals surface area (Å²) in [6.45, 7) is 2.67. The Morgan fingerprint density at radius 1 is 1.11 bits per heavy atom. The van der Waals surface area contributed by atoms with Crippen LogP contribution in [0.1, 0.15) is 37.2 Å². The molecule has 1 saturated heterocycles. The summed E-state index contributed by atoms with van der Waals surface area (Å²) in [6.07, 6.45) is 5.53. The molecule has 0 amide bonds. The molecule has 1 unspecified atom stereocenters. The molecule has 0 radical (unpaired) electrons. The molecule has 1 aromatic rings. The highest BCUT2D eigenvalue weighted by Crippen LogP contribution is 2.51. The molecule has 2 fully saturated rings. The molecule has 1 aliphatic carbocycles. The molecule has 2 aliphatic heterocycles. The molecule has 3 nitrogen and oxygen atoms in total. The lowest BCUT2D eigenvalue weighted by Crippen LogP contribution is -2.25. The number of ether oxygens (including phenoxy) is 2. The van der Waals surface area contributed by atoms with Crippen LogP contribution in [0.25, 0.3) is 0 Å². The van der Waals surface area contributed by atoms with Crippen molar-refractivity contribution in [1.82, 2.24) is 5.32 Å². The van der Waals surface area contributed by atoms with E-state index in [-0.39, 0.29) is 0 Å². The first kappa shape index (κ1) is 10.7. The van der Waals surface area contributed by atoms with E-state index in [2.05, 4.69) is 23.5 Å². The molecule has 0 aromatic heterocycles. The Kier molecular flexibility index (Phi) is 2.31. The van der Waals surface area contributed by atoms with Crippen LogP contribution in [-0.2, 0) is 0 Å². The number of hydrogen-bond acceptors (Lipinski definition) is 3. The Hall–Kier alpha value is -1.22. The largest absolute Gasteiger partial charge is 0.454 e. The lowest BCUT2D eigenvalue weighted by Gasteiger charge is -2.30. The summed E-state index contributed by atoms with van der Waals surface area (Å²) in [5.41, 5.74) is 1.93. The van der Waals surface area contributed by atoms with Crippen LogP contribution in [0.4, 0.5) is 0 Å². The first-order valence-corrected chi connectivity index (χ1v) is 6.98. The van der Waals surface area contributed by atoms with E-state index in [1.165, 1.54) is 37.8 Å². The van der Waals surface area contributed by atoms with Crippen LogP contribution in [0.15, 0.2) is 18.2 Å². The van der Waals surface area contributed by atoms with Gasteiger partial charge in [-0.15, -0.1) is 0 Å². The highest BCUT2D eigenvalue weighted by molar-refractivity contribution is 5.46. The van der Waals surface area contributed by atoms with Gasteiger partial charge in [0.1, 0.15) is 0 Å². The predicted octanol–water partition coefficient (Wildman–Crippen LogP) is 2.66. The van der Waals surface area contributed by atoms with Crippen molar-refractivity contribution in [2.24, 2.45) is 5.41 Å². The van der Waals surface area contributed by atoms with E-state index < -0.39 is 0 Å². The third-order valence-electron chi connectivity index (χ3n) is 4.96. The van der Waals surface area contributed by atoms with E-state index in [4.69, 9.17) is 9.47 Å². The van der Waals surface area contributed by atoms with Gasteiger partial charge in [0.2, 0.25) is 6.79 Å². The molecule has 1 N–H and O–H groups in total. The third kappa shape index (κ3) is 1.46. The quantitative estimate of drug-likeness (QED) is 0.825. The Bertz CT molecular complexity index is 460. The summed E-state index contributed by atoms with van der Waals surface area (Å²) < 4.78 is 10.9. The normalized spacial score (nSPS) is 28.1. The van der Waals surface area contributed by atoms with E-state index >= 15 is 0 Å². The fraction of sp³-hybridized carbons (Fsp3) is 0.600. The van der Waals surface area contributed by atoms with E-state index in [0.717, 1.165) is 18.0 Å². The zero-order valence-corrected chi connectivity index (χ0v) is 10.6. The molecule has 4 rings (SSSR count). The minimum atomic E-state index is 0.368. The van der Waals surface area contributed by atoms with Crippen molar-refractivity contribution in [1.29, 1.82) is 0 Å². The molecule has 2 heterocycles. The minimum Gasteiger partial charge on any atom is -0.454 e. The summed E-state index contributed by atoms with van der Waals surface area (Å²) in [5, 5.41) is 3.60. The summed E-state index contributed by atoms with van der Waals surface area (Å²) in [4.78, 5) is 0. The fourth-order valence-corrected chi connectivity index (χ4v) is 4.01. The standard InChI is InChI=1S/C15H19NO2/c1-2-6-15(5-1)9-16-8-12(15)11-3-4-13-14(7-11)18-10-17-13/h3-4,7,12,16H,1-2,5-6,8-10H2. The van der Waals surface area contributed by atoms with Crippen LogP contribution in [0.2, 0.25) is 0 Å². The van der Waals surface area contributed by atoms with Crippen LogP contribution in [-0.4, -0.2) is 19.9 Å². The fourth-order valence-electron chi connectivity index (χ4n) is 4.01. The molecule has 3 heteroatoms. The molecule has 3 aliphatic rings. The van der Waals surface area contributed by atoms with E-state index in [0.29, 0.717) is 18.1 Å². The SMILES string of the molecule is c1cc2c(cc1C1CNCC13CCCC3)OCO2. The lowest BCUT2D eigenvalue weighted by atomic mass is 9.73. The van der Waals surface area contributed by atoms with Crippen molar-refractivity contribution in [3.8, 4) is 11.5 Å². The molecular weight excluding hydrogens is 226 g/mol. The maximum Gasteiger partial charge on any atom is 0.231 e. The predicted molar refractivity (Wildman–Crippen MR) is 69.1 cm³/mol. The Labute approximate surface area is 107 Å². The minimum absolute atomic E-state index is 0.368. The maximum absolute atomic E-state index is 5.51. The van der Waals surface area contributed by atoms with Crippen molar-refractivity contribution in [3.05, 3.63) is 23.8 Å². The molecule has 1 spiro atoms. The van der Waals surface area contributed by atoms with Crippen molar-refractivity contribution < 1.29 is 9.47 Å². The zero-order valence-electron chi connectivity index (χ0n) is 10.6. The van der Waals surface area contributed by atoms with Gasteiger partial charge in [0.05, 0.1) is 0 Å². The smallest absolute Gasteiger partial charge is 0.231 e. The van der Waals surface area contributed by atoms with Crippen molar-refractivity contribution in [2.75, 3.05) is 19.9 Å².